The van der Waals surface area contributed by atoms with Gasteiger partial charge in [-0.2, -0.15) is 0 Å². The van der Waals surface area contributed by atoms with Gasteiger partial charge >= 0.3 is 0 Å². The maximum absolute atomic E-state index is 10.0. The summed E-state index contributed by atoms with van der Waals surface area (Å²) in [5.74, 6) is -0.0625. The van der Waals surface area contributed by atoms with Gasteiger partial charge in [-0.3, -0.25) is 4.79 Å². The third kappa shape index (κ3) is 5.39. The molecule has 4 aromatic carbocycles. The molecule has 2 aromatic heterocycles. The maximum atomic E-state index is 10.0. The minimum atomic E-state index is -0.125. The van der Waals surface area contributed by atoms with Crippen molar-refractivity contribution in [2.75, 3.05) is 0 Å². The molecule has 0 spiro atoms. The number of benzene rings is 4. The van der Waals surface area contributed by atoms with Crippen molar-refractivity contribution in [3.8, 4) is 16.9 Å². The van der Waals surface area contributed by atoms with Crippen molar-refractivity contribution in [2.45, 2.75) is 13.8 Å². The standard InChI is InChI=1S/C27H17N2.C5H8O2.Ir/c1-2-8-22-19(7-1)17-18-28-27(22)20-13-15-21(16-14-20)29-25-11-5-3-9-23(25)24-10-4-6-12-26(24)29;1-4(6)3-5(2)7;/h1-13,15-18H;3,6H,1-2H3;/q-1;;/b;4-3-;. The van der Waals surface area contributed by atoms with E-state index >= 15 is 0 Å². The van der Waals surface area contributed by atoms with Crippen LogP contribution in [0.1, 0.15) is 13.8 Å². The molecule has 4 nitrogen and oxygen atoms in total. The number of carbonyl (C=O) groups excluding carboxylic acids is 1. The SMILES string of the molecule is CC(=O)/C=C(/C)O.[Ir].[c-]1cc(-n2c3ccccc3c3ccccc32)ccc1-c1nccc2ccccc12. The van der Waals surface area contributed by atoms with E-state index in [1.54, 1.807) is 0 Å². The van der Waals surface area contributed by atoms with E-state index in [0.717, 1.165) is 22.3 Å². The van der Waals surface area contributed by atoms with E-state index in [2.05, 4.69) is 107 Å². The van der Waals surface area contributed by atoms with Gasteiger partial charge in [0.2, 0.25) is 0 Å². The molecular weight excluding hydrogens is 637 g/mol. The summed E-state index contributed by atoms with van der Waals surface area (Å²) in [6, 6.07) is 37.3. The topological polar surface area (TPSA) is 55.1 Å². The number of aliphatic hydroxyl groups excluding tert-OH is 1. The molecule has 6 aromatic rings. The first-order chi connectivity index (χ1) is 17.5. The Morgan fingerprint density at radius 2 is 1.41 bits per heavy atom. The van der Waals surface area contributed by atoms with Gasteiger partial charge in [-0.1, -0.05) is 60.7 Å². The molecule has 0 saturated heterocycles. The van der Waals surface area contributed by atoms with Crippen LogP contribution in [0.5, 0.6) is 0 Å². The van der Waals surface area contributed by atoms with Crippen LogP contribution in [0, 0.1) is 6.07 Å². The molecular formula is C32H25IrN2O2-. The summed E-state index contributed by atoms with van der Waals surface area (Å²) in [5.41, 5.74) is 5.49. The van der Waals surface area contributed by atoms with Gasteiger partial charge in [-0.15, -0.1) is 29.8 Å². The number of allylic oxidation sites excluding steroid dienone is 2. The summed E-state index contributed by atoms with van der Waals surface area (Å²) in [5, 5.41) is 13.2. The second-order valence-electron chi connectivity index (χ2n) is 8.61. The van der Waals surface area contributed by atoms with Gasteiger partial charge in [-0.05, 0) is 54.2 Å². The third-order valence-electron chi connectivity index (χ3n) is 5.98. The minimum absolute atomic E-state index is 0. The molecule has 6 rings (SSSR count). The van der Waals surface area contributed by atoms with Crippen LogP contribution < -0.4 is 0 Å². The normalized spacial score (nSPS) is 11.1. The molecule has 0 atom stereocenters. The molecule has 2 heterocycles. The number of fused-ring (bicyclic) bond motifs is 4. The number of para-hydroxylation sites is 2. The number of rotatable bonds is 3. The van der Waals surface area contributed by atoms with Gasteiger partial charge in [0.05, 0.1) is 5.76 Å². The predicted molar refractivity (Wildman–Crippen MR) is 147 cm³/mol. The molecule has 5 heteroatoms. The Morgan fingerprint density at radius 1 is 0.811 bits per heavy atom. The van der Waals surface area contributed by atoms with E-state index < -0.39 is 0 Å². The molecule has 0 aliphatic rings. The van der Waals surface area contributed by atoms with Gasteiger partial charge < -0.3 is 14.7 Å². The van der Waals surface area contributed by atoms with Crippen LogP contribution in [-0.4, -0.2) is 20.4 Å². The molecule has 1 N–H and O–H groups in total. The zero-order chi connectivity index (χ0) is 25.1. The number of pyridine rings is 1. The number of aromatic nitrogens is 2. The van der Waals surface area contributed by atoms with Crippen LogP contribution in [0.2, 0.25) is 0 Å². The Bertz CT molecular complexity index is 1670. The molecule has 1 radical (unpaired) electrons. The van der Waals surface area contributed by atoms with Crippen molar-refractivity contribution in [1.82, 2.24) is 9.55 Å². The summed E-state index contributed by atoms with van der Waals surface area (Å²) in [6.45, 7) is 2.85. The molecule has 0 saturated carbocycles. The average Bonchev–Trinajstić information content (AvgIpc) is 3.23. The van der Waals surface area contributed by atoms with Crippen molar-refractivity contribution in [3.63, 3.8) is 0 Å². The van der Waals surface area contributed by atoms with Crippen molar-refractivity contribution in [2.24, 2.45) is 0 Å². The van der Waals surface area contributed by atoms with Gasteiger partial charge in [0.1, 0.15) is 0 Å². The summed E-state index contributed by atoms with van der Waals surface area (Å²) in [7, 11) is 0. The summed E-state index contributed by atoms with van der Waals surface area (Å²) in [6.07, 6.45) is 3.03. The fourth-order valence-corrected chi connectivity index (χ4v) is 4.53. The van der Waals surface area contributed by atoms with E-state index in [9.17, 15) is 4.79 Å². The predicted octanol–water partition coefficient (Wildman–Crippen LogP) is 7.83. The Balaban J connectivity index is 0.000000356. The number of nitrogens with zero attached hydrogens (tertiary/aromatic N) is 2. The van der Waals surface area contributed by atoms with Crippen LogP contribution in [0.3, 0.4) is 0 Å². The third-order valence-corrected chi connectivity index (χ3v) is 5.98. The van der Waals surface area contributed by atoms with Crippen molar-refractivity contribution in [3.05, 3.63) is 121 Å². The van der Waals surface area contributed by atoms with E-state index in [1.165, 1.54) is 47.1 Å². The monoisotopic (exact) mass is 662 g/mol. The molecule has 0 fully saturated rings. The molecule has 185 valence electrons. The van der Waals surface area contributed by atoms with E-state index in [-0.39, 0.29) is 31.6 Å². The quantitative estimate of drug-likeness (QED) is 0.120. The molecule has 0 unspecified atom stereocenters. The van der Waals surface area contributed by atoms with Gasteiger partial charge in [0.15, 0.2) is 5.78 Å². The number of ketones is 1. The fourth-order valence-electron chi connectivity index (χ4n) is 4.53. The van der Waals surface area contributed by atoms with Crippen molar-refractivity contribution in [1.29, 1.82) is 0 Å². The number of carbonyl (C=O) groups is 1. The second kappa shape index (κ2) is 11.3. The Hall–Kier alpha value is -4.05. The summed E-state index contributed by atoms with van der Waals surface area (Å²) < 4.78 is 2.31. The Labute approximate surface area is 229 Å². The second-order valence-corrected chi connectivity index (χ2v) is 8.61. The van der Waals surface area contributed by atoms with Crippen LogP contribution in [0.4, 0.5) is 0 Å². The minimum Gasteiger partial charge on any atom is -0.512 e. The van der Waals surface area contributed by atoms with E-state index in [1.807, 2.05) is 12.3 Å². The van der Waals surface area contributed by atoms with Crippen molar-refractivity contribution < 1.29 is 30.0 Å². The first-order valence-corrected chi connectivity index (χ1v) is 11.7. The number of aliphatic hydroxyl groups is 1. The first-order valence-electron chi connectivity index (χ1n) is 11.7. The van der Waals surface area contributed by atoms with Gasteiger partial charge in [0, 0.05) is 54.2 Å². The maximum Gasteiger partial charge on any atom is 0.155 e. The van der Waals surface area contributed by atoms with Crippen LogP contribution in [0.15, 0.2) is 115 Å². The molecule has 0 bridgehead atoms. The zero-order valence-corrected chi connectivity index (χ0v) is 22.9. The molecule has 0 aliphatic carbocycles. The summed E-state index contributed by atoms with van der Waals surface area (Å²) >= 11 is 0. The van der Waals surface area contributed by atoms with Gasteiger partial charge in [-0.25, -0.2) is 0 Å². The van der Waals surface area contributed by atoms with Crippen LogP contribution in [-0.2, 0) is 24.9 Å². The van der Waals surface area contributed by atoms with E-state index in [4.69, 9.17) is 5.11 Å². The Morgan fingerprint density at radius 3 is 1.95 bits per heavy atom. The van der Waals surface area contributed by atoms with Crippen LogP contribution >= 0.6 is 0 Å². The zero-order valence-electron chi connectivity index (χ0n) is 20.5. The summed E-state index contributed by atoms with van der Waals surface area (Å²) in [4.78, 5) is 14.6. The van der Waals surface area contributed by atoms with E-state index in [0.29, 0.717) is 0 Å². The smallest absolute Gasteiger partial charge is 0.155 e. The molecule has 37 heavy (non-hydrogen) atoms. The molecule has 0 amide bonds. The number of hydrogen-bond acceptors (Lipinski definition) is 3. The largest absolute Gasteiger partial charge is 0.512 e. The molecule has 0 aliphatic heterocycles. The fraction of sp³-hybridized carbons (Fsp3) is 0.0625. The first kappa shape index (κ1) is 26.0. The van der Waals surface area contributed by atoms with Crippen molar-refractivity contribution >= 4 is 38.4 Å². The van der Waals surface area contributed by atoms with Gasteiger partial charge in [0.25, 0.3) is 0 Å². The van der Waals surface area contributed by atoms with Crippen LogP contribution in [0.25, 0.3) is 49.5 Å². The number of hydrogen-bond donors (Lipinski definition) is 1. The Kier molecular flexibility index (Phi) is 7.98. The average molecular weight is 662 g/mol.